The van der Waals surface area contributed by atoms with Gasteiger partial charge in [0.2, 0.25) is 0 Å². The van der Waals surface area contributed by atoms with Gasteiger partial charge in [-0.1, -0.05) is 15.9 Å². The molecule has 0 amide bonds. The number of hydrogen-bond donors (Lipinski definition) is 1. The van der Waals surface area contributed by atoms with Gasteiger partial charge in [-0.25, -0.2) is 0 Å². The van der Waals surface area contributed by atoms with Gasteiger partial charge < -0.3 is 10.1 Å². The van der Waals surface area contributed by atoms with Gasteiger partial charge >= 0.3 is 0 Å². The maximum absolute atomic E-state index is 6.09. The zero-order chi connectivity index (χ0) is 13.8. The molecule has 1 aliphatic carbocycles. The summed E-state index contributed by atoms with van der Waals surface area (Å²) < 4.78 is 7.20. The summed E-state index contributed by atoms with van der Waals surface area (Å²) in [5.74, 6) is 0.999. The molecule has 1 saturated carbocycles. The smallest absolute Gasteiger partial charge is 0.119 e. The highest BCUT2D eigenvalue weighted by Gasteiger charge is 2.27. The molecule has 1 aromatic rings. The molecular weight excluding hydrogens is 316 g/mol. The number of nitrogens with zero attached hydrogens (tertiary/aromatic N) is 1. The molecule has 2 fully saturated rings. The van der Waals surface area contributed by atoms with Crippen LogP contribution in [0, 0.1) is 0 Å². The fourth-order valence-corrected chi connectivity index (χ4v) is 3.55. The molecule has 0 spiro atoms. The summed E-state index contributed by atoms with van der Waals surface area (Å²) in [5, 5.41) is 3.43. The Kier molecular flexibility index (Phi) is 4.97. The molecular formula is C16H23BrN2O. The summed E-state index contributed by atoms with van der Waals surface area (Å²) in [6, 6.07) is 8.96. The fourth-order valence-electron chi connectivity index (χ4n) is 3.28. The number of hydrogen-bond acceptors (Lipinski definition) is 3. The first-order chi connectivity index (χ1) is 9.81. The molecule has 4 heteroatoms. The van der Waals surface area contributed by atoms with Crippen LogP contribution in [0.3, 0.4) is 0 Å². The van der Waals surface area contributed by atoms with Crippen molar-refractivity contribution >= 4 is 15.9 Å². The van der Waals surface area contributed by atoms with E-state index in [1.54, 1.807) is 0 Å². The van der Waals surface area contributed by atoms with Gasteiger partial charge in [-0.2, -0.15) is 0 Å². The van der Waals surface area contributed by atoms with Gasteiger partial charge in [0.1, 0.15) is 5.75 Å². The second-order valence-corrected chi connectivity index (χ2v) is 6.70. The number of halogens is 1. The van der Waals surface area contributed by atoms with Crippen molar-refractivity contribution in [3.05, 3.63) is 28.7 Å². The van der Waals surface area contributed by atoms with Crippen molar-refractivity contribution in [2.45, 2.75) is 37.8 Å². The predicted molar refractivity (Wildman–Crippen MR) is 85.3 cm³/mol. The Hall–Kier alpha value is -0.580. The largest absolute Gasteiger partial charge is 0.490 e. The second kappa shape index (κ2) is 6.92. The molecule has 2 aliphatic rings. The van der Waals surface area contributed by atoms with E-state index in [4.69, 9.17) is 4.74 Å². The lowest BCUT2D eigenvalue weighted by Crippen LogP contribution is -2.49. The van der Waals surface area contributed by atoms with Gasteiger partial charge in [-0.05, 0) is 49.9 Å². The number of nitrogens with one attached hydrogen (secondary N) is 1. The topological polar surface area (TPSA) is 24.5 Å². The molecule has 0 unspecified atom stereocenters. The van der Waals surface area contributed by atoms with E-state index in [0.29, 0.717) is 6.10 Å². The van der Waals surface area contributed by atoms with Gasteiger partial charge in [0, 0.05) is 36.7 Å². The summed E-state index contributed by atoms with van der Waals surface area (Å²) in [6.07, 6.45) is 5.33. The normalized spacial score (nSPS) is 28.2. The van der Waals surface area contributed by atoms with E-state index in [2.05, 4.69) is 26.1 Å². The summed E-state index contributed by atoms with van der Waals surface area (Å²) in [4.78, 5) is 2.66. The number of rotatable bonds is 3. The van der Waals surface area contributed by atoms with E-state index in [0.717, 1.165) is 29.4 Å². The maximum Gasteiger partial charge on any atom is 0.119 e. The first-order valence-electron chi connectivity index (χ1n) is 7.68. The summed E-state index contributed by atoms with van der Waals surface area (Å²) in [5.41, 5.74) is 0. The lowest BCUT2D eigenvalue weighted by Gasteiger charge is -2.39. The van der Waals surface area contributed by atoms with Gasteiger partial charge in [0.15, 0.2) is 0 Å². The monoisotopic (exact) mass is 338 g/mol. The van der Waals surface area contributed by atoms with Crippen LogP contribution >= 0.6 is 15.9 Å². The Balaban J connectivity index is 1.47. The van der Waals surface area contributed by atoms with E-state index in [1.165, 1.54) is 38.8 Å². The van der Waals surface area contributed by atoms with Crippen molar-refractivity contribution in [2.75, 3.05) is 26.2 Å². The van der Waals surface area contributed by atoms with Gasteiger partial charge in [0.05, 0.1) is 6.10 Å². The molecule has 0 aromatic heterocycles. The van der Waals surface area contributed by atoms with Crippen LogP contribution in [-0.2, 0) is 0 Å². The van der Waals surface area contributed by atoms with Crippen LogP contribution in [0.15, 0.2) is 28.7 Å². The van der Waals surface area contributed by atoms with Crippen LogP contribution < -0.4 is 10.1 Å². The Bertz CT molecular complexity index is 409. The van der Waals surface area contributed by atoms with Crippen molar-refractivity contribution < 1.29 is 4.74 Å². The molecule has 20 heavy (non-hydrogen) atoms. The molecule has 1 aliphatic heterocycles. The van der Waals surface area contributed by atoms with Gasteiger partial charge in [-0.3, -0.25) is 4.90 Å². The van der Waals surface area contributed by atoms with Crippen molar-refractivity contribution in [1.82, 2.24) is 10.2 Å². The van der Waals surface area contributed by atoms with Crippen LogP contribution in [0.1, 0.15) is 25.7 Å². The molecule has 3 rings (SSSR count). The SMILES string of the molecule is Brc1ccc(OC2CCC(N3CCNCC3)CC2)cc1. The third-order valence-corrected chi connectivity index (χ3v) is 4.96. The zero-order valence-corrected chi connectivity index (χ0v) is 13.4. The molecule has 0 radical (unpaired) electrons. The van der Waals surface area contributed by atoms with Crippen LogP contribution in [0.2, 0.25) is 0 Å². The molecule has 1 heterocycles. The Morgan fingerprint density at radius 3 is 2.30 bits per heavy atom. The van der Waals surface area contributed by atoms with Crippen molar-refractivity contribution in [2.24, 2.45) is 0 Å². The Labute approximate surface area is 129 Å². The summed E-state index contributed by atoms with van der Waals surface area (Å²) in [6.45, 7) is 4.72. The second-order valence-electron chi connectivity index (χ2n) is 5.79. The Morgan fingerprint density at radius 1 is 1.00 bits per heavy atom. The molecule has 1 saturated heterocycles. The molecule has 110 valence electrons. The van der Waals surface area contributed by atoms with Gasteiger partial charge in [0.25, 0.3) is 0 Å². The van der Waals surface area contributed by atoms with Crippen LogP contribution in [-0.4, -0.2) is 43.2 Å². The minimum atomic E-state index is 0.398. The van der Waals surface area contributed by atoms with E-state index < -0.39 is 0 Å². The first-order valence-corrected chi connectivity index (χ1v) is 8.47. The summed E-state index contributed by atoms with van der Waals surface area (Å²) >= 11 is 3.46. The highest BCUT2D eigenvalue weighted by Crippen LogP contribution is 2.27. The number of piperazine rings is 1. The lowest BCUT2D eigenvalue weighted by atomic mass is 9.91. The van der Waals surface area contributed by atoms with Crippen molar-refractivity contribution in [3.8, 4) is 5.75 Å². The van der Waals surface area contributed by atoms with Gasteiger partial charge in [-0.15, -0.1) is 0 Å². The lowest BCUT2D eigenvalue weighted by molar-refractivity contribution is 0.0810. The average Bonchev–Trinajstić information content (AvgIpc) is 2.51. The first kappa shape index (κ1) is 14.4. The maximum atomic E-state index is 6.09. The minimum Gasteiger partial charge on any atom is -0.490 e. The fraction of sp³-hybridized carbons (Fsp3) is 0.625. The van der Waals surface area contributed by atoms with Crippen LogP contribution in [0.25, 0.3) is 0 Å². The average molecular weight is 339 g/mol. The third kappa shape index (κ3) is 3.74. The third-order valence-electron chi connectivity index (χ3n) is 4.43. The van der Waals surface area contributed by atoms with Crippen LogP contribution in [0.4, 0.5) is 0 Å². The number of benzene rings is 1. The van der Waals surface area contributed by atoms with Crippen molar-refractivity contribution in [3.63, 3.8) is 0 Å². The van der Waals surface area contributed by atoms with Crippen LogP contribution in [0.5, 0.6) is 5.75 Å². The van der Waals surface area contributed by atoms with Crippen molar-refractivity contribution in [1.29, 1.82) is 0 Å². The van der Waals surface area contributed by atoms with E-state index >= 15 is 0 Å². The standard InChI is InChI=1S/C16H23BrN2O/c17-13-1-5-15(6-2-13)20-16-7-3-14(4-8-16)19-11-9-18-10-12-19/h1-2,5-6,14,16,18H,3-4,7-12H2. The highest BCUT2D eigenvalue weighted by molar-refractivity contribution is 9.10. The minimum absolute atomic E-state index is 0.398. The number of ether oxygens (including phenoxy) is 1. The molecule has 0 bridgehead atoms. The Morgan fingerprint density at radius 2 is 1.65 bits per heavy atom. The highest BCUT2D eigenvalue weighted by atomic mass is 79.9. The molecule has 1 aromatic carbocycles. The molecule has 3 nitrogen and oxygen atoms in total. The zero-order valence-electron chi connectivity index (χ0n) is 11.9. The van der Waals surface area contributed by atoms with E-state index in [-0.39, 0.29) is 0 Å². The molecule has 1 N–H and O–H groups in total. The predicted octanol–water partition coefficient (Wildman–Crippen LogP) is 3.04. The summed E-state index contributed by atoms with van der Waals surface area (Å²) in [7, 11) is 0. The van der Waals surface area contributed by atoms with E-state index in [1.807, 2.05) is 24.3 Å². The van der Waals surface area contributed by atoms with E-state index in [9.17, 15) is 0 Å². The molecule has 0 atom stereocenters. The quantitative estimate of drug-likeness (QED) is 0.916.